The summed E-state index contributed by atoms with van der Waals surface area (Å²) in [4.78, 5) is 22.3. The molecular formula is C10H18N2O4. The van der Waals surface area contributed by atoms with Gasteiger partial charge in [-0.3, -0.25) is 0 Å². The quantitative estimate of drug-likeness (QED) is 0.649. The van der Waals surface area contributed by atoms with Crippen molar-refractivity contribution >= 4 is 12.0 Å². The van der Waals surface area contributed by atoms with Crippen LogP contribution in [0.1, 0.15) is 26.7 Å². The molecule has 92 valence electrons. The second kappa shape index (κ2) is 5.16. The Bertz CT molecular complexity index is 274. The highest BCUT2D eigenvalue weighted by atomic mass is 16.5. The molecule has 0 spiro atoms. The molecule has 0 aromatic rings. The maximum absolute atomic E-state index is 11.5. The van der Waals surface area contributed by atoms with Crippen molar-refractivity contribution in [2.75, 3.05) is 13.2 Å². The van der Waals surface area contributed by atoms with Gasteiger partial charge in [0.1, 0.15) is 6.04 Å². The third kappa shape index (κ3) is 3.37. The van der Waals surface area contributed by atoms with E-state index in [4.69, 9.17) is 9.84 Å². The predicted octanol–water partition coefficient (Wildman–Crippen LogP) is 0.328. The Morgan fingerprint density at radius 1 is 1.56 bits per heavy atom. The number of nitrogens with one attached hydrogen (secondary N) is 2. The van der Waals surface area contributed by atoms with E-state index < -0.39 is 18.0 Å². The fraction of sp³-hybridized carbons (Fsp3) is 0.800. The van der Waals surface area contributed by atoms with Gasteiger partial charge in [0.2, 0.25) is 0 Å². The molecule has 0 bridgehead atoms. The van der Waals surface area contributed by atoms with E-state index in [-0.39, 0.29) is 5.54 Å². The van der Waals surface area contributed by atoms with E-state index in [1.165, 1.54) is 0 Å². The third-order valence-electron chi connectivity index (χ3n) is 2.65. The monoisotopic (exact) mass is 230 g/mol. The summed E-state index contributed by atoms with van der Waals surface area (Å²) in [7, 11) is 0. The zero-order valence-corrected chi connectivity index (χ0v) is 9.58. The largest absolute Gasteiger partial charge is 0.480 e. The number of carboxylic acid groups (broad SMARTS) is 1. The first-order valence-corrected chi connectivity index (χ1v) is 5.36. The predicted molar refractivity (Wildman–Crippen MR) is 57.2 cm³/mol. The molecule has 1 saturated heterocycles. The van der Waals surface area contributed by atoms with Crippen LogP contribution < -0.4 is 10.6 Å². The Labute approximate surface area is 94.3 Å². The zero-order chi connectivity index (χ0) is 12.2. The first-order valence-electron chi connectivity index (χ1n) is 5.36. The first kappa shape index (κ1) is 12.8. The number of aliphatic carboxylic acids is 1. The number of hydrogen-bond acceptors (Lipinski definition) is 3. The van der Waals surface area contributed by atoms with Crippen molar-refractivity contribution in [3.8, 4) is 0 Å². The molecule has 0 aliphatic carbocycles. The van der Waals surface area contributed by atoms with Crippen molar-refractivity contribution in [3.63, 3.8) is 0 Å². The number of carboxylic acids is 1. The lowest BCUT2D eigenvalue weighted by atomic mass is 10.0. The van der Waals surface area contributed by atoms with E-state index in [1.54, 1.807) is 6.92 Å². The highest BCUT2D eigenvalue weighted by Crippen LogP contribution is 2.17. The van der Waals surface area contributed by atoms with Crippen molar-refractivity contribution in [1.29, 1.82) is 0 Å². The van der Waals surface area contributed by atoms with Gasteiger partial charge >= 0.3 is 12.0 Å². The number of rotatable bonds is 4. The molecule has 1 aliphatic rings. The fourth-order valence-electron chi connectivity index (χ4n) is 1.57. The molecule has 0 aromatic heterocycles. The SMILES string of the molecule is CC[C@H](NC(=O)NC1(C)CCOC1)C(=O)O. The minimum atomic E-state index is -1.02. The normalized spacial score (nSPS) is 26.1. The molecule has 6 heteroatoms. The summed E-state index contributed by atoms with van der Waals surface area (Å²) in [6.45, 7) is 4.66. The Hall–Kier alpha value is -1.30. The van der Waals surface area contributed by atoms with Gasteiger partial charge in [0, 0.05) is 6.61 Å². The average molecular weight is 230 g/mol. The molecule has 1 unspecified atom stereocenters. The summed E-state index contributed by atoms with van der Waals surface area (Å²) in [5.41, 5.74) is -0.388. The van der Waals surface area contributed by atoms with Crippen LogP contribution in [0.15, 0.2) is 0 Å². The topological polar surface area (TPSA) is 87.7 Å². The number of urea groups is 1. The van der Waals surface area contributed by atoms with Gasteiger partial charge in [-0.25, -0.2) is 9.59 Å². The average Bonchev–Trinajstić information content (AvgIpc) is 2.60. The Morgan fingerprint density at radius 2 is 2.25 bits per heavy atom. The summed E-state index contributed by atoms with van der Waals surface area (Å²) in [6, 6.07) is -1.30. The summed E-state index contributed by atoms with van der Waals surface area (Å²) in [6.07, 6.45) is 1.10. The Morgan fingerprint density at radius 3 is 2.69 bits per heavy atom. The van der Waals surface area contributed by atoms with E-state index in [0.29, 0.717) is 19.6 Å². The van der Waals surface area contributed by atoms with Gasteiger partial charge < -0.3 is 20.5 Å². The maximum atomic E-state index is 11.5. The van der Waals surface area contributed by atoms with Crippen molar-refractivity contribution in [2.24, 2.45) is 0 Å². The van der Waals surface area contributed by atoms with Crippen LogP contribution in [0.25, 0.3) is 0 Å². The molecule has 6 nitrogen and oxygen atoms in total. The number of ether oxygens (including phenoxy) is 1. The summed E-state index contributed by atoms with van der Waals surface area (Å²) >= 11 is 0. The number of carbonyl (C=O) groups excluding carboxylic acids is 1. The van der Waals surface area contributed by atoms with Crippen LogP contribution >= 0.6 is 0 Å². The van der Waals surface area contributed by atoms with Crippen molar-refractivity contribution < 1.29 is 19.4 Å². The van der Waals surface area contributed by atoms with Gasteiger partial charge in [-0.05, 0) is 19.8 Å². The molecule has 1 fully saturated rings. The molecule has 16 heavy (non-hydrogen) atoms. The van der Waals surface area contributed by atoms with Crippen LogP contribution in [-0.2, 0) is 9.53 Å². The minimum absolute atomic E-state index is 0.357. The second-order valence-corrected chi connectivity index (χ2v) is 4.26. The molecule has 0 radical (unpaired) electrons. The van der Waals surface area contributed by atoms with Crippen LogP contribution in [0.4, 0.5) is 4.79 Å². The maximum Gasteiger partial charge on any atom is 0.326 e. The van der Waals surface area contributed by atoms with Crippen LogP contribution in [-0.4, -0.2) is 41.9 Å². The van der Waals surface area contributed by atoms with Gasteiger partial charge in [0.15, 0.2) is 0 Å². The van der Waals surface area contributed by atoms with Gasteiger partial charge in [-0.2, -0.15) is 0 Å². The molecule has 1 rings (SSSR count). The number of carbonyl (C=O) groups is 2. The molecular weight excluding hydrogens is 212 g/mol. The van der Waals surface area contributed by atoms with Crippen LogP contribution in [0.3, 0.4) is 0 Å². The molecule has 1 aliphatic heterocycles. The standard InChI is InChI=1S/C10H18N2O4/c1-3-7(8(13)14)11-9(15)12-10(2)4-5-16-6-10/h7H,3-6H2,1-2H3,(H,13,14)(H2,11,12,15)/t7-,10?/m0/s1. The smallest absolute Gasteiger partial charge is 0.326 e. The Balaban J connectivity index is 2.43. The van der Waals surface area contributed by atoms with Gasteiger partial charge in [0.25, 0.3) is 0 Å². The molecule has 0 aromatic carbocycles. The lowest BCUT2D eigenvalue weighted by molar-refractivity contribution is -0.139. The highest BCUT2D eigenvalue weighted by molar-refractivity contribution is 5.82. The van der Waals surface area contributed by atoms with Gasteiger partial charge in [-0.1, -0.05) is 6.92 Å². The van der Waals surface area contributed by atoms with E-state index in [1.807, 2.05) is 6.92 Å². The van der Waals surface area contributed by atoms with Gasteiger partial charge in [0.05, 0.1) is 12.1 Å². The summed E-state index contributed by atoms with van der Waals surface area (Å²) in [5.74, 6) is -1.02. The Kier molecular flexibility index (Phi) is 4.12. The molecule has 2 amide bonds. The number of hydrogen-bond donors (Lipinski definition) is 3. The fourth-order valence-corrected chi connectivity index (χ4v) is 1.57. The van der Waals surface area contributed by atoms with E-state index in [2.05, 4.69) is 10.6 Å². The number of amides is 2. The molecule has 1 heterocycles. The van der Waals surface area contributed by atoms with Crippen LogP contribution in [0.2, 0.25) is 0 Å². The lowest BCUT2D eigenvalue weighted by Crippen LogP contribution is -2.54. The van der Waals surface area contributed by atoms with E-state index in [0.717, 1.165) is 6.42 Å². The van der Waals surface area contributed by atoms with E-state index >= 15 is 0 Å². The van der Waals surface area contributed by atoms with Crippen LogP contribution in [0, 0.1) is 0 Å². The first-order chi connectivity index (χ1) is 7.47. The minimum Gasteiger partial charge on any atom is -0.480 e. The van der Waals surface area contributed by atoms with Crippen molar-refractivity contribution in [1.82, 2.24) is 10.6 Å². The lowest BCUT2D eigenvalue weighted by Gasteiger charge is -2.24. The van der Waals surface area contributed by atoms with Crippen molar-refractivity contribution in [3.05, 3.63) is 0 Å². The highest BCUT2D eigenvalue weighted by Gasteiger charge is 2.32. The molecule has 3 N–H and O–H groups in total. The molecule has 2 atom stereocenters. The van der Waals surface area contributed by atoms with E-state index in [9.17, 15) is 9.59 Å². The molecule has 0 saturated carbocycles. The second-order valence-electron chi connectivity index (χ2n) is 4.26. The zero-order valence-electron chi connectivity index (χ0n) is 9.58. The third-order valence-corrected chi connectivity index (χ3v) is 2.65. The summed E-state index contributed by atoms with van der Waals surface area (Å²) in [5, 5.41) is 13.9. The summed E-state index contributed by atoms with van der Waals surface area (Å²) < 4.78 is 5.18. The van der Waals surface area contributed by atoms with Crippen molar-refractivity contribution in [2.45, 2.75) is 38.3 Å². The van der Waals surface area contributed by atoms with Gasteiger partial charge in [-0.15, -0.1) is 0 Å². The van der Waals surface area contributed by atoms with Crippen LogP contribution in [0.5, 0.6) is 0 Å².